The third-order valence-corrected chi connectivity index (χ3v) is 4.18. The highest BCUT2D eigenvalue weighted by Crippen LogP contribution is 2.28. The molecule has 1 N–H and O–H groups in total. The lowest BCUT2D eigenvalue weighted by Crippen LogP contribution is -2.30. The summed E-state index contributed by atoms with van der Waals surface area (Å²) in [6, 6.07) is 10.5. The highest BCUT2D eigenvalue weighted by Gasteiger charge is 2.07. The summed E-state index contributed by atoms with van der Waals surface area (Å²) in [5, 5.41) is 3.62. The molecule has 2 aromatic carbocycles. The third-order valence-electron chi connectivity index (χ3n) is 3.44. The first-order valence-corrected chi connectivity index (χ1v) is 8.34. The largest absolute Gasteiger partial charge is 0.493 e. The minimum Gasteiger partial charge on any atom is -0.493 e. The minimum atomic E-state index is -0.216. The number of nitrogens with one attached hydrogen (secondary N) is 1. The van der Waals surface area contributed by atoms with Gasteiger partial charge in [0.1, 0.15) is 5.75 Å². The average molecular weight is 384 g/mol. The van der Waals surface area contributed by atoms with Gasteiger partial charge in [-0.05, 0) is 36.2 Å². The molecule has 0 aliphatic heterocycles. The molecule has 0 fully saturated rings. The van der Waals surface area contributed by atoms with Crippen LogP contribution in [0.2, 0.25) is 10.0 Å². The second-order valence-corrected chi connectivity index (χ2v) is 5.97. The molecule has 0 saturated heterocycles. The summed E-state index contributed by atoms with van der Waals surface area (Å²) in [7, 11) is 3.18. The lowest BCUT2D eigenvalue weighted by Gasteiger charge is -2.10. The molecule has 2 aromatic rings. The van der Waals surface area contributed by atoms with Gasteiger partial charge in [-0.25, -0.2) is 0 Å². The average Bonchev–Trinajstić information content (AvgIpc) is 2.62. The first kappa shape index (κ1) is 19.2. The summed E-state index contributed by atoms with van der Waals surface area (Å²) in [6.45, 7) is 0.392. The quantitative estimate of drug-likeness (QED) is 0.753. The zero-order valence-electron chi connectivity index (χ0n) is 14.0. The number of benzene rings is 2. The van der Waals surface area contributed by atoms with E-state index in [0.29, 0.717) is 40.3 Å². The molecule has 134 valence electrons. The van der Waals surface area contributed by atoms with Gasteiger partial charge in [-0.15, -0.1) is 0 Å². The van der Waals surface area contributed by atoms with Crippen LogP contribution in [0.25, 0.3) is 0 Å². The summed E-state index contributed by atoms with van der Waals surface area (Å²) < 4.78 is 15.8. The van der Waals surface area contributed by atoms with E-state index in [0.717, 1.165) is 5.56 Å². The van der Waals surface area contributed by atoms with Crippen LogP contribution in [0.3, 0.4) is 0 Å². The van der Waals surface area contributed by atoms with Gasteiger partial charge < -0.3 is 19.5 Å². The SMILES string of the molecule is COc1ccc(CCNC(=O)COc2ccc(Cl)c(Cl)c2)cc1OC. The molecule has 0 atom stereocenters. The Morgan fingerprint density at radius 1 is 1.00 bits per heavy atom. The predicted molar refractivity (Wildman–Crippen MR) is 98.2 cm³/mol. The fourth-order valence-electron chi connectivity index (χ4n) is 2.15. The molecule has 0 unspecified atom stereocenters. The molecule has 2 rings (SSSR count). The molecule has 1 amide bonds. The van der Waals surface area contributed by atoms with E-state index in [1.165, 1.54) is 0 Å². The first-order valence-electron chi connectivity index (χ1n) is 7.59. The van der Waals surface area contributed by atoms with Gasteiger partial charge in [0.15, 0.2) is 18.1 Å². The maximum atomic E-state index is 11.8. The minimum absolute atomic E-state index is 0.0934. The van der Waals surface area contributed by atoms with Crippen molar-refractivity contribution in [2.75, 3.05) is 27.4 Å². The van der Waals surface area contributed by atoms with Crippen molar-refractivity contribution in [2.45, 2.75) is 6.42 Å². The Kier molecular flexibility index (Phi) is 7.22. The molecule has 7 heteroatoms. The van der Waals surface area contributed by atoms with Gasteiger partial charge in [-0.1, -0.05) is 29.3 Å². The van der Waals surface area contributed by atoms with Crippen molar-refractivity contribution in [1.82, 2.24) is 5.32 Å². The Morgan fingerprint density at radius 3 is 2.44 bits per heavy atom. The van der Waals surface area contributed by atoms with E-state index in [1.54, 1.807) is 32.4 Å². The number of carbonyl (C=O) groups is 1. The van der Waals surface area contributed by atoms with Crippen LogP contribution in [0.4, 0.5) is 0 Å². The fourth-order valence-corrected chi connectivity index (χ4v) is 2.44. The van der Waals surface area contributed by atoms with Crippen LogP contribution in [0.1, 0.15) is 5.56 Å². The highest BCUT2D eigenvalue weighted by molar-refractivity contribution is 6.42. The monoisotopic (exact) mass is 383 g/mol. The van der Waals surface area contributed by atoms with Crippen molar-refractivity contribution in [3.05, 3.63) is 52.0 Å². The zero-order valence-corrected chi connectivity index (χ0v) is 15.5. The van der Waals surface area contributed by atoms with Crippen molar-refractivity contribution < 1.29 is 19.0 Å². The van der Waals surface area contributed by atoms with Gasteiger partial charge in [0.05, 0.1) is 24.3 Å². The Bertz CT molecular complexity index is 737. The number of halogens is 2. The molecular formula is C18H19Cl2NO4. The first-order chi connectivity index (χ1) is 12.0. The number of rotatable bonds is 8. The Morgan fingerprint density at radius 2 is 1.76 bits per heavy atom. The van der Waals surface area contributed by atoms with Crippen LogP contribution in [-0.2, 0) is 11.2 Å². The standard InChI is InChI=1S/C18H19Cl2NO4/c1-23-16-6-3-12(9-17(16)24-2)7-8-21-18(22)11-25-13-4-5-14(19)15(20)10-13/h3-6,9-10H,7-8,11H2,1-2H3,(H,21,22). The van der Waals surface area contributed by atoms with E-state index in [2.05, 4.69) is 5.32 Å². The molecule has 0 spiro atoms. The van der Waals surface area contributed by atoms with E-state index >= 15 is 0 Å². The van der Waals surface area contributed by atoms with Crippen molar-refractivity contribution >= 4 is 29.1 Å². The molecule has 0 aliphatic rings. The lowest BCUT2D eigenvalue weighted by molar-refractivity contribution is -0.123. The van der Waals surface area contributed by atoms with Gasteiger partial charge in [-0.2, -0.15) is 0 Å². The van der Waals surface area contributed by atoms with E-state index in [1.807, 2.05) is 18.2 Å². The van der Waals surface area contributed by atoms with Crippen molar-refractivity contribution in [1.29, 1.82) is 0 Å². The normalized spacial score (nSPS) is 10.2. The predicted octanol–water partition coefficient (Wildman–Crippen LogP) is 3.75. The molecular weight excluding hydrogens is 365 g/mol. The van der Waals surface area contributed by atoms with Crippen LogP contribution in [0.5, 0.6) is 17.2 Å². The van der Waals surface area contributed by atoms with Crippen LogP contribution in [0, 0.1) is 0 Å². The second-order valence-electron chi connectivity index (χ2n) is 5.15. The number of carbonyl (C=O) groups excluding carboxylic acids is 1. The smallest absolute Gasteiger partial charge is 0.257 e. The molecule has 5 nitrogen and oxygen atoms in total. The van der Waals surface area contributed by atoms with Gasteiger partial charge in [0, 0.05) is 12.6 Å². The molecule has 0 aliphatic carbocycles. The maximum Gasteiger partial charge on any atom is 0.257 e. The fraction of sp³-hybridized carbons (Fsp3) is 0.278. The number of methoxy groups -OCH3 is 2. The van der Waals surface area contributed by atoms with E-state index < -0.39 is 0 Å². The molecule has 0 heterocycles. The highest BCUT2D eigenvalue weighted by atomic mass is 35.5. The van der Waals surface area contributed by atoms with Crippen molar-refractivity contribution in [3.63, 3.8) is 0 Å². The summed E-state index contributed by atoms with van der Waals surface area (Å²) in [5.74, 6) is 1.61. The molecule has 0 radical (unpaired) electrons. The van der Waals surface area contributed by atoms with Crippen molar-refractivity contribution in [2.24, 2.45) is 0 Å². The van der Waals surface area contributed by atoms with E-state index in [4.69, 9.17) is 37.4 Å². The summed E-state index contributed by atoms with van der Waals surface area (Å²) in [4.78, 5) is 11.8. The number of hydrogen-bond acceptors (Lipinski definition) is 4. The van der Waals surface area contributed by atoms with Gasteiger partial charge in [0.2, 0.25) is 0 Å². The van der Waals surface area contributed by atoms with Crippen LogP contribution >= 0.6 is 23.2 Å². The third kappa shape index (κ3) is 5.73. The Balaban J connectivity index is 1.77. The maximum absolute atomic E-state index is 11.8. The Hall–Kier alpha value is -2.11. The van der Waals surface area contributed by atoms with Gasteiger partial charge in [0.25, 0.3) is 5.91 Å². The molecule has 0 bridgehead atoms. The van der Waals surface area contributed by atoms with Crippen LogP contribution < -0.4 is 19.5 Å². The van der Waals surface area contributed by atoms with Gasteiger partial charge >= 0.3 is 0 Å². The number of hydrogen-bond donors (Lipinski definition) is 1. The topological polar surface area (TPSA) is 56.8 Å². The Labute approximate surface area is 156 Å². The molecule has 0 saturated carbocycles. The van der Waals surface area contributed by atoms with E-state index in [-0.39, 0.29) is 12.5 Å². The van der Waals surface area contributed by atoms with Gasteiger partial charge in [-0.3, -0.25) is 4.79 Å². The van der Waals surface area contributed by atoms with Crippen LogP contribution in [0.15, 0.2) is 36.4 Å². The lowest BCUT2D eigenvalue weighted by atomic mass is 10.1. The molecule has 25 heavy (non-hydrogen) atoms. The van der Waals surface area contributed by atoms with Crippen LogP contribution in [-0.4, -0.2) is 33.3 Å². The van der Waals surface area contributed by atoms with Crippen molar-refractivity contribution in [3.8, 4) is 17.2 Å². The van der Waals surface area contributed by atoms with E-state index in [9.17, 15) is 4.79 Å². The summed E-state index contributed by atoms with van der Waals surface area (Å²) in [6.07, 6.45) is 0.666. The summed E-state index contributed by atoms with van der Waals surface area (Å²) in [5.41, 5.74) is 1.03. The second kappa shape index (κ2) is 9.39. The zero-order chi connectivity index (χ0) is 18.2. The number of ether oxygens (including phenoxy) is 3. The summed E-state index contributed by atoms with van der Waals surface area (Å²) >= 11 is 11.7. The number of amides is 1. The molecule has 0 aromatic heterocycles.